The monoisotopic (exact) mass is 230 g/mol. The Labute approximate surface area is 104 Å². The summed E-state index contributed by atoms with van der Waals surface area (Å²) in [6.07, 6.45) is 5.11. The van der Waals surface area contributed by atoms with Crippen molar-refractivity contribution >= 4 is 0 Å². The van der Waals surface area contributed by atoms with E-state index >= 15 is 0 Å². The van der Waals surface area contributed by atoms with Crippen molar-refractivity contribution < 1.29 is 0 Å². The number of benzene rings is 1. The fraction of sp³-hybridized carbons (Fsp3) is 0.600. The molecule has 1 saturated heterocycles. The van der Waals surface area contributed by atoms with Crippen molar-refractivity contribution in [3.8, 4) is 0 Å². The smallest absolute Gasteiger partial charge is 0.0459 e. The van der Waals surface area contributed by atoms with E-state index in [0.29, 0.717) is 6.04 Å². The Morgan fingerprint density at radius 1 is 1.35 bits per heavy atom. The predicted octanol–water partition coefficient (Wildman–Crippen LogP) is 2.49. The second-order valence-electron chi connectivity index (χ2n) is 5.44. The highest BCUT2D eigenvalue weighted by Gasteiger charge is 2.38. The lowest BCUT2D eigenvalue weighted by Crippen LogP contribution is -2.43. The first kappa shape index (κ1) is 11.2. The Morgan fingerprint density at radius 2 is 2.18 bits per heavy atom. The molecule has 0 saturated carbocycles. The minimum Gasteiger partial charge on any atom is -0.323 e. The number of hydrogen-bond acceptors (Lipinski definition) is 2. The molecule has 1 aliphatic carbocycles. The van der Waals surface area contributed by atoms with Crippen molar-refractivity contribution in [1.82, 2.24) is 4.90 Å². The second-order valence-corrected chi connectivity index (χ2v) is 5.44. The number of likely N-dealkylation sites (tertiary alicyclic amines) is 1. The van der Waals surface area contributed by atoms with E-state index in [4.69, 9.17) is 5.73 Å². The van der Waals surface area contributed by atoms with Crippen LogP contribution >= 0.6 is 0 Å². The third kappa shape index (κ3) is 1.80. The average Bonchev–Trinajstić information content (AvgIpc) is 2.94. The molecule has 3 unspecified atom stereocenters. The topological polar surface area (TPSA) is 29.3 Å². The summed E-state index contributed by atoms with van der Waals surface area (Å²) in [7, 11) is 0. The molecule has 2 aliphatic rings. The molecule has 2 N–H and O–H groups in total. The van der Waals surface area contributed by atoms with E-state index in [1.807, 2.05) is 0 Å². The molecule has 1 fully saturated rings. The van der Waals surface area contributed by atoms with Gasteiger partial charge in [-0.25, -0.2) is 0 Å². The van der Waals surface area contributed by atoms with Gasteiger partial charge in [0.2, 0.25) is 0 Å². The van der Waals surface area contributed by atoms with Gasteiger partial charge in [0.1, 0.15) is 0 Å². The largest absolute Gasteiger partial charge is 0.323 e. The van der Waals surface area contributed by atoms with Gasteiger partial charge < -0.3 is 5.73 Å². The molecule has 1 aliphatic heterocycles. The lowest BCUT2D eigenvalue weighted by atomic mass is 10.1. The van der Waals surface area contributed by atoms with Gasteiger partial charge in [0, 0.05) is 18.1 Å². The molecule has 2 nitrogen and oxygen atoms in total. The number of hydrogen-bond donors (Lipinski definition) is 1. The quantitative estimate of drug-likeness (QED) is 0.845. The zero-order valence-corrected chi connectivity index (χ0v) is 10.6. The van der Waals surface area contributed by atoms with Crippen LogP contribution in [0.2, 0.25) is 0 Å². The highest BCUT2D eigenvalue weighted by atomic mass is 15.2. The third-order valence-electron chi connectivity index (χ3n) is 4.58. The van der Waals surface area contributed by atoms with E-state index < -0.39 is 0 Å². The summed E-state index contributed by atoms with van der Waals surface area (Å²) in [5.74, 6) is 0. The van der Waals surface area contributed by atoms with Crippen LogP contribution in [-0.4, -0.2) is 23.5 Å². The van der Waals surface area contributed by atoms with Crippen LogP contribution in [0.25, 0.3) is 0 Å². The highest BCUT2D eigenvalue weighted by molar-refractivity contribution is 5.37. The predicted molar refractivity (Wildman–Crippen MR) is 70.9 cm³/mol. The van der Waals surface area contributed by atoms with Gasteiger partial charge in [0.15, 0.2) is 0 Å². The summed E-state index contributed by atoms with van der Waals surface area (Å²) in [5, 5.41) is 0. The van der Waals surface area contributed by atoms with Gasteiger partial charge in [-0.2, -0.15) is 0 Å². The van der Waals surface area contributed by atoms with Crippen LogP contribution < -0.4 is 5.73 Å². The maximum absolute atomic E-state index is 6.45. The Hall–Kier alpha value is -0.860. The molecule has 1 aromatic carbocycles. The van der Waals surface area contributed by atoms with Crippen molar-refractivity contribution in [1.29, 1.82) is 0 Å². The minimum absolute atomic E-state index is 0.221. The van der Waals surface area contributed by atoms with Crippen LogP contribution in [0.5, 0.6) is 0 Å². The summed E-state index contributed by atoms with van der Waals surface area (Å²) >= 11 is 0. The van der Waals surface area contributed by atoms with E-state index in [9.17, 15) is 0 Å². The van der Waals surface area contributed by atoms with Crippen molar-refractivity contribution in [2.45, 2.75) is 50.7 Å². The second kappa shape index (κ2) is 4.43. The molecule has 2 heteroatoms. The molecule has 0 radical (unpaired) electrons. The third-order valence-corrected chi connectivity index (χ3v) is 4.58. The van der Waals surface area contributed by atoms with Crippen molar-refractivity contribution in [3.05, 3.63) is 35.4 Å². The van der Waals surface area contributed by atoms with Gasteiger partial charge in [-0.05, 0) is 43.4 Å². The first-order valence-electron chi connectivity index (χ1n) is 6.90. The molecular formula is C15H22N2. The Balaban J connectivity index is 1.84. The van der Waals surface area contributed by atoms with Crippen molar-refractivity contribution in [2.75, 3.05) is 6.54 Å². The highest BCUT2D eigenvalue weighted by Crippen LogP contribution is 2.36. The van der Waals surface area contributed by atoms with E-state index in [-0.39, 0.29) is 6.04 Å². The van der Waals surface area contributed by atoms with Gasteiger partial charge in [-0.1, -0.05) is 31.2 Å². The van der Waals surface area contributed by atoms with Gasteiger partial charge in [-0.3, -0.25) is 4.90 Å². The first-order valence-corrected chi connectivity index (χ1v) is 6.90. The Bertz CT molecular complexity index is 402. The fourth-order valence-corrected chi connectivity index (χ4v) is 3.66. The molecule has 92 valence electrons. The Kier molecular flexibility index (Phi) is 2.93. The summed E-state index contributed by atoms with van der Waals surface area (Å²) < 4.78 is 0. The zero-order valence-electron chi connectivity index (χ0n) is 10.6. The number of rotatable bonds is 2. The van der Waals surface area contributed by atoms with Crippen molar-refractivity contribution in [2.24, 2.45) is 5.73 Å². The standard InChI is InChI=1S/C15H22N2/c1-2-12-7-5-9-17(12)14-10-11-6-3-4-8-13(11)15(14)16/h3-4,6,8,12,14-15H,2,5,7,9-10,16H2,1H3. The van der Waals surface area contributed by atoms with Crippen LogP contribution in [0.3, 0.4) is 0 Å². The lowest BCUT2D eigenvalue weighted by Gasteiger charge is -2.32. The number of nitrogens with zero attached hydrogens (tertiary/aromatic N) is 1. The molecule has 0 spiro atoms. The zero-order chi connectivity index (χ0) is 11.8. The molecule has 0 aromatic heterocycles. The van der Waals surface area contributed by atoms with Gasteiger partial charge in [-0.15, -0.1) is 0 Å². The minimum atomic E-state index is 0.221. The summed E-state index contributed by atoms with van der Waals surface area (Å²) in [6, 6.07) is 10.2. The molecule has 1 aromatic rings. The SMILES string of the molecule is CCC1CCCN1C1Cc2ccccc2C1N. The maximum Gasteiger partial charge on any atom is 0.0459 e. The summed E-state index contributed by atoms with van der Waals surface area (Å²) in [4.78, 5) is 2.67. The molecular weight excluding hydrogens is 208 g/mol. The fourth-order valence-electron chi connectivity index (χ4n) is 3.66. The van der Waals surface area contributed by atoms with Crippen LogP contribution in [-0.2, 0) is 6.42 Å². The van der Waals surface area contributed by atoms with Gasteiger partial charge in [0.05, 0.1) is 0 Å². The van der Waals surface area contributed by atoms with Gasteiger partial charge >= 0.3 is 0 Å². The average molecular weight is 230 g/mol. The van der Waals surface area contributed by atoms with E-state index in [0.717, 1.165) is 12.5 Å². The lowest BCUT2D eigenvalue weighted by molar-refractivity contribution is 0.161. The van der Waals surface area contributed by atoms with Crippen LogP contribution in [0, 0.1) is 0 Å². The van der Waals surface area contributed by atoms with Crippen LogP contribution in [0.15, 0.2) is 24.3 Å². The van der Waals surface area contributed by atoms with E-state index in [1.165, 1.54) is 36.9 Å². The maximum atomic E-state index is 6.45. The normalized spacial score (nSPS) is 32.9. The molecule has 1 heterocycles. The van der Waals surface area contributed by atoms with Crippen molar-refractivity contribution in [3.63, 3.8) is 0 Å². The first-order chi connectivity index (χ1) is 8.31. The number of nitrogens with two attached hydrogens (primary N) is 1. The summed E-state index contributed by atoms with van der Waals surface area (Å²) in [6.45, 7) is 3.54. The van der Waals surface area contributed by atoms with E-state index in [1.54, 1.807) is 0 Å². The van der Waals surface area contributed by atoms with Crippen LogP contribution in [0.1, 0.15) is 43.4 Å². The molecule has 0 bridgehead atoms. The molecule has 17 heavy (non-hydrogen) atoms. The number of fused-ring (bicyclic) bond motifs is 1. The van der Waals surface area contributed by atoms with Crippen LogP contribution in [0.4, 0.5) is 0 Å². The molecule has 3 atom stereocenters. The molecule has 3 rings (SSSR count). The Morgan fingerprint density at radius 3 is 2.94 bits per heavy atom. The van der Waals surface area contributed by atoms with E-state index in [2.05, 4.69) is 36.1 Å². The van der Waals surface area contributed by atoms with Gasteiger partial charge in [0.25, 0.3) is 0 Å². The summed E-state index contributed by atoms with van der Waals surface area (Å²) in [5.41, 5.74) is 9.28. The molecule has 0 amide bonds.